The van der Waals surface area contributed by atoms with Crippen molar-refractivity contribution >= 4 is 22.0 Å². The van der Waals surface area contributed by atoms with Crippen molar-refractivity contribution < 1.29 is 0 Å². The van der Waals surface area contributed by atoms with Crippen molar-refractivity contribution in [3.8, 4) is 0 Å². The van der Waals surface area contributed by atoms with E-state index in [2.05, 4.69) is 26.1 Å². The van der Waals surface area contributed by atoms with Gasteiger partial charge in [-0.1, -0.05) is 12.2 Å². The molecular weight excluding hydrogens is 220 g/mol. The lowest BCUT2D eigenvalue weighted by Gasteiger charge is -2.07. The fourth-order valence-corrected chi connectivity index (χ4v) is 1.57. The molecule has 62 valence electrons. The van der Waals surface area contributed by atoms with Crippen LogP contribution < -0.4 is 5.43 Å². The van der Waals surface area contributed by atoms with Gasteiger partial charge in [0.15, 0.2) is 4.60 Å². The van der Waals surface area contributed by atoms with E-state index in [1.54, 1.807) is 0 Å². The van der Waals surface area contributed by atoms with Gasteiger partial charge in [0.25, 0.3) is 0 Å². The number of fused-ring (bicyclic) bond motifs is 1. The summed E-state index contributed by atoms with van der Waals surface area (Å²) >= 11 is 3.09. The maximum Gasteiger partial charge on any atom is 0.222 e. The van der Waals surface area contributed by atoms with Gasteiger partial charge in [0.2, 0.25) is 5.43 Å². The Morgan fingerprint density at radius 3 is 3.25 bits per heavy atom. The van der Waals surface area contributed by atoms with Crippen LogP contribution in [0.4, 0.5) is 0 Å². The van der Waals surface area contributed by atoms with Crippen molar-refractivity contribution in [3.05, 3.63) is 32.2 Å². The molecule has 3 nitrogen and oxygen atoms in total. The normalized spacial score (nSPS) is 14.4. The second-order valence-electron chi connectivity index (χ2n) is 2.68. The van der Waals surface area contributed by atoms with Crippen LogP contribution in [0.2, 0.25) is 0 Å². The topological polar surface area (TPSA) is 45.8 Å². The Morgan fingerprint density at radius 1 is 1.58 bits per heavy atom. The highest BCUT2D eigenvalue weighted by molar-refractivity contribution is 9.10. The molecule has 0 bridgehead atoms. The summed E-state index contributed by atoms with van der Waals surface area (Å²) in [5.41, 5.74) is 1.65. The predicted octanol–water partition coefficient (Wildman–Crippen LogP) is 1.49. The number of allylic oxidation sites excluding steroid dienone is 1. The van der Waals surface area contributed by atoms with Crippen LogP contribution in [0.5, 0.6) is 0 Å². The first-order chi connectivity index (χ1) is 5.79. The zero-order chi connectivity index (χ0) is 8.55. The number of hydrogen-bond donors (Lipinski definition) is 1. The average Bonchev–Trinajstić information content (AvgIpc) is 2.12. The van der Waals surface area contributed by atoms with E-state index in [1.807, 2.05) is 12.2 Å². The molecule has 12 heavy (non-hydrogen) atoms. The largest absolute Gasteiger partial charge is 0.286 e. The molecule has 1 heterocycles. The second-order valence-corrected chi connectivity index (χ2v) is 3.43. The molecule has 0 spiro atoms. The molecule has 1 aliphatic carbocycles. The van der Waals surface area contributed by atoms with Crippen molar-refractivity contribution in [1.82, 2.24) is 10.2 Å². The first kappa shape index (κ1) is 7.73. The predicted molar refractivity (Wildman–Crippen MR) is 49.9 cm³/mol. The quantitative estimate of drug-likeness (QED) is 0.729. The van der Waals surface area contributed by atoms with Gasteiger partial charge in [0.05, 0.1) is 0 Å². The maximum atomic E-state index is 11.4. The molecule has 0 radical (unpaired) electrons. The average molecular weight is 227 g/mol. The monoisotopic (exact) mass is 226 g/mol. The van der Waals surface area contributed by atoms with Gasteiger partial charge in [-0.15, -0.1) is 0 Å². The van der Waals surface area contributed by atoms with Crippen LogP contribution in [0.3, 0.4) is 0 Å². The lowest BCUT2D eigenvalue weighted by Crippen LogP contribution is -2.15. The van der Waals surface area contributed by atoms with Crippen molar-refractivity contribution in [2.45, 2.75) is 12.8 Å². The number of halogens is 1. The van der Waals surface area contributed by atoms with E-state index >= 15 is 0 Å². The highest BCUT2D eigenvalue weighted by atomic mass is 79.9. The van der Waals surface area contributed by atoms with Crippen molar-refractivity contribution in [2.24, 2.45) is 0 Å². The third kappa shape index (κ3) is 1.12. The van der Waals surface area contributed by atoms with E-state index in [9.17, 15) is 4.79 Å². The third-order valence-electron chi connectivity index (χ3n) is 1.89. The Kier molecular flexibility index (Phi) is 1.84. The summed E-state index contributed by atoms with van der Waals surface area (Å²) in [6.07, 6.45) is 5.71. The van der Waals surface area contributed by atoms with E-state index in [0.29, 0.717) is 4.60 Å². The standard InChI is InChI=1S/C8H7BrN2O/c9-8-7(12)5-3-1-2-4-6(5)10-11-8/h1,3H,2,4H2,(H,10,12). The number of nitrogens with one attached hydrogen (secondary N) is 1. The highest BCUT2D eigenvalue weighted by Crippen LogP contribution is 2.13. The maximum absolute atomic E-state index is 11.4. The van der Waals surface area contributed by atoms with Crippen LogP contribution in [-0.2, 0) is 6.42 Å². The Morgan fingerprint density at radius 2 is 2.42 bits per heavy atom. The van der Waals surface area contributed by atoms with Crippen LogP contribution in [0.15, 0.2) is 15.5 Å². The molecule has 1 aliphatic rings. The van der Waals surface area contributed by atoms with E-state index in [1.165, 1.54) is 0 Å². The van der Waals surface area contributed by atoms with Gasteiger partial charge in [-0.3, -0.25) is 9.89 Å². The number of H-pyrrole nitrogens is 1. The molecule has 0 aromatic carbocycles. The summed E-state index contributed by atoms with van der Waals surface area (Å²) in [6, 6.07) is 0. The molecule has 0 unspecified atom stereocenters. The van der Waals surface area contributed by atoms with E-state index in [0.717, 1.165) is 24.1 Å². The number of rotatable bonds is 0. The molecule has 1 aromatic rings. The molecule has 0 amide bonds. The second kappa shape index (κ2) is 2.86. The molecule has 0 fully saturated rings. The highest BCUT2D eigenvalue weighted by Gasteiger charge is 2.10. The van der Waals surface area contributed by atoms with Crippen LogP contribution in [-0.4, -0.2) is 10.2 Å². The summed E-state index contributed by atoms with van der Waals surface area (Å²) in [5, 5.41) is 6.69. The molecule has 0 saturated carbocycles. The molecule has 1 N–H and O–H groups in total. The molecule has 0 aliphatic heterocycles. The zero-order valence-corrected chi connectivity index (χ0v) is 7.89. The Labute approximate surface area is 77.6 Å². The summed E-state index contributed by atoms with van der Waals surface area (Å²) in [6.45, 7) is 0. The molecule has 1 aromatic heterocycles. The smallest absolute Gasteiger partial charge is 0.222 e. The van der Waals surface area contributed by atoms with Crippen LogP contribution in [0.1, 0.15) is 17.7 Å². The Hall–Kier alpha value is -0.900. The van der Waals surface area contributed by atoms with Gasteiger partial charge < -0.3 is 0 Å². The minimum absolute atomic E-state index is 0.0281. The Bertz CT molecular complexity index is 395. The first-order valence-electron chi connectivity index (χ1n) is 3.72. The number of nitrogens with zero attached hydrogens (tertiary/aromatic N) is 1. The summed E-state index contributed by atoms with van der Waals surface area (Å²) in [7, 11) is 0. The number of aromatic amines is 1. The van der Waals surface area contributed by atoms with Crippen LogP contribution in [0.25, 0.3) is 6.08 Å². The number of aromatic nitrogens is 2. The van der Waals surface area contributed by atoms with Gasteiger partial charge in [-0.2, -0.15) is 5.10 Å². The number of hydrogen-bond acceptors (Lipinski definition) is 2. The van der Waals surface area contributed by atoms with Gasteiger partial charge >= 0.3 is 0 Å². The zero-order valence-electron chi connectivity index (χ0n) is 6.30. The van der Waals surface area contributed by atoms with Crippen molar-refractivity contribution in [1.29, 1.82) is 0 Å². The minimum atomic E-state index is -0.0281. The minimum Gasteiger partial charge on any atom is -0.286 e. The molecule has 4 heteroatoms. The van der Waals surface area contributed by atoms with Gasteiger partial charge in [-0.05, 0) is 28.8 Å². The number of aryl methyl sites for hydroxylation is 1. The first-order valence-corrected chi connectivity index (χ1v) is 4.52. The summed E-state index contributed by atoms with van der Waals surface area (Å²) in [5.74, 6) is 0. The molecule has 0 atom stereocenters. The molecule has 2 rings (SSSR count). The fraction of sp³-hybridized carbons (Fsp3) is 0.250. The fourth-order valence-electron chi connectivity index (χ4n) is 1.27. The van der Waals surface area contributed by atoms with E-state index in [-0.39, 0.29) is 5.43 Å². The summed E-state index contributed by atoms with van der Waals surface area (Å²) in [4.78, 5) is 11.4. The molecular formula is C8H7BrN2O. The summed E-state index contributed by atoms with van der Waals surface area (Å²) < 4.78 is 0.354. The van der Waals surface area contributed by atoms with Crippen LogP contribution in [0, 0.1) is 0 Å². The van der Waals surface area contributed by atoms with Crippen molar-refractivity contribution in [3.63, 3.8) is 0 Å². The lowest BCUT2D eigenvalue weighted by atomic mass is 10.0. The SMILES string of the molecule is O=c1c(Br)n[nH]c2c1C=CCC2. The molecule has 0 saturated heterocycles. The van der Waals surface area contributed by atoms with E-state index in [4.69, 9.17) is 0 Å². The van der Waals surface area contributed by atoms with Crippen molar-refractivity contribution in [2.75, 3.05) is 0 Å². The van der Waals surface area contributed by atoms with Gasteiger partial charge in [0, 0.05) is 11.3 Å². The van der Waals surface area contributed by atoms with Gasteiger partial charge in [-0.25, -0.2) is 0 Å². The Balaban J connectivity index is 2.73. The van der Waals surface area contributed by atoms with E-state index < -0.39 is 0 Å². The van der Waals surface area contributed by atoms with Gasteiger partial charge in [0.1, 0.15) is 0 Å². The lowest BCUT2D eigenvalue weighted by molar-refractivity contribution is 0.844. The van der Waals surface area contributed by atoms with Crippen LogP contribution >= 0.6 is 15.9 Å². The third-order valence-corrected chi connectivity index (χ3v) is 2.43.